The minimum absolute atomic E-state index is 0.139. The number of hydrogen-bond donors (Lipinski definition) is 0. The lowest BCUT2D eigenvalue weighted by molar-refractivity contribution is 0.0747. The molecular weight excluding hydrogens is 410 g/mol. The third-order valence-corrected chi connectivity index (χ3v) is 7.70. The van der Waals surface area contributed by atoms with Crippen LogP contribution in [0.1, 0.15) is 23.2 Å². The van der Waals surface area contributed by atoms with Gasteiger partial charge in [0.1, 0.15) is 0 Å². The summed E-state index contributed by atoms with van der Waals surface area (Å²) in [7, 11) is -3.34. The molecule has 0 radical (unpaired) electrons. The largest absolute Gasteiger partial charge is 0.368 e. The van der Waals surface area contributed by atoms with E-state index in [1.54, 1.807) is 23.1 Å². The lowest BCUT2D eigenvalue weighted by Gasteiger charge is -2.36. The van der Waals surface area contributed by atoms with Gasteiger partial charge in [0, 0.05) is 38.4 Å². The van der Waals surface area contributed by atoms with E-state index in [1.165, 1.54) is 4.31 Å². The van der Waals surface area contributed by atoms with Crippen molar-refractivity contribution in [2.24, 2.45) is 0 Å². The van der Waals surface area contributed by atoms with Gasteiger partial charge >= 0.3 is 0 Å². The van der Waals surface area contributed by atoms with Gasteiger partial charge in [0.05, 0.1) is 22.0 Å². The number of amides is 1. The van der Waals surface area contributed by atoms with Crippen molar-refractivity contribution >= 4 is 38.9 Å². The molecule has 0 unspecified atom stereocenters. The van der Waals surface area contributed by atoms with E-state index in [-0.39, 0.29) is 11.7 Å². The second kappa shape index (κ2) is 8.24. The van der Waals surface area contributed by atoms with Gasteiger partial charge < -0.3 is 9.80 Å². The number of carbonyl (C=O) groups is 1. The zero-order chi connectivity index (χ0) is 20.4. The number of carbonyl (C=O) groups excluding carboxylic acids is 1. The van der Waals surface area contributed by atoms with Crippen molar-refractivity contribution in [1.82, 2.24) is 4.90 Å². The number of piperazine rings is 1. The molecule has 2 fully saturated rings. The number of rotatable bonds is 3. The van der Waals surface area contributed by atoms with E-state index in [4.69, 9.17) is 11.6 Å². The fourth-order valence-corrected chi connectivity index (χ4v) is 5.72. The van der Waals surface area contributed by atoms with Crippen molar-refractivity contribution in [2.45, 2.75) is 12.8 Å². The zero-order valence-corrected chi connectivity index (χ0v) is 17.7. The SMILES string of the molecule is O=C(c1cc(N2CCCCS2(=O)=O)ccc1Cl)N1CCN(c2ccccc2)CC1. The summed E-state index contributed by atoms with van der Waals surface area (Å²) < 4.78 is 26.2. The Labute approximate surface area is 176 Å². The Balaban J connectivity index is 1.50. The molecule has 0 N–H and O–H groups in total. The van der Waals surface area contributed by atoms with E-state index in [0.29, 0.717) is 42.3 Å². The van der Waals surface area contributed by atoms with E-state index < -0.39 is 10.0 Å². The molecule has 4 rings (SSSR count). The highest BCUT2D eigenvalue weighted by Crippen LogP contribution is 2.29. The minimum atomic E-state index is -3.34. The standard InChI is InChI=1S/C21H24ClN3O3S/c22-20-9-8-18(25-10-4-5-15-29(25,27)28)16-19(20)21(26)24-13-11-23(12-14-24)17-6-2-1-3-7-17/h1-3,6-9,16H,4-5,10-15H2. The van der Waals surface area contributed by atoms with Gasteiger partial charge in [-0.05, 0) is 43.2 Å². The third kappa shape index (κ3) is 4.21. The Morgan fingerprint density at radius 1 is 0.862 bits per heavy atom. The van der Waals surface area contributed by atoms with Crippen molar-refractivity contribution in [1.29, 1.82) is 0 Å². The molecule has 29 heavy (non-hydrogen) atoms. The zero-order valence-electron chi connectivity index (χ0n) is 16.1. The quantitative estimate of drug-likeness (QED) is 0.745. The second-order valence-corrected chi connectivity index (χ2v) is 9.79. The van der Waals surface area contributed by atoms with Gasteiger partial charge in [-0.1, -0.05) is 29.8 Å². The maximum absolute atomic E-state index is 13.1. The van der Waals surface area contributed by atoms with Crippen LogP contribution in [0.2, 0.25) is 5.02 Å². The Bertz CT molecular complexity index is 989. The average molecular weight is 434 g/mol. The highest BCUT2D eigenvalue weighted by Gasteiger charge is 2.28. The summed E-state index contributed by atoms with van der Waals surface area (Å²) in [5.41, 5.74) is 2.02. The predicted octanol–water partition coefficient (Wildman–Crippen LogP) is 3.23. The van der Waals surface area contributed by atoms with E-state index in [9.17, 15) is 13.2 Å². The number of para-hydroxylation sites is 1. The molecule has 0 atom stereocenters. The fraction of sp³-hybridized carbons (Fsp3) is 0.381. The third-order valence-electron chi connectivity index (χ3n) is 5.51. The van der Waals surface area contributed by atoms with E-state index >= 15 is 0 Å². The summed E-state index contributed by atoms with van der Waals surface area (Å²) in [6, 6.07) is 15.1. The van der Waals surface area contributed by atoms with Gasteiger partial charge in [-0.25, -0.2) is 8.42 Å². The topological polar surface area (TPSA) is 60.9 Å². The van der Waals surface area contributed by atoms with Gasteiger partial charge in [0.2, 0.25) is 10.0 Å². The van der Waals surface area contributed by atoms with Crippen LogP contribution in [0.5, 0.6) is 0 Å². The molecule has 1 amide bonds. The molecule has 0 bridgehead atoms. The van der Waals surface area contributed by atoms with Crippen LogP contribution in [-0.2, 0) is 10.0 Å². The lowest BCUT2D eigenvalue weighted by atomic mass is 10.1. The van der Waals surface area contributed by atoms with Crippen LogP contribution in [0.25, 0.3) is 0 Å². The Kier molecular flexibility index (Phi) is 5.69. The first-order valence-corrected chi connectivity index (χ1v) is 11.8. The van der Waals surface area contributed by atoms with Crippen molar-refractivity contribution in [3.05, 3.63) is 59.1 Å². The van der Waals surface area contributed by atoms with E-state index in [2.05, 4.69) is 17.0 Å². The summed E-state index contributed by atoms with van der Waals surface area (Å²) in [6.07, 6.45) is 1.48. The minimum Gasteiger partial charge on any atom is -0.368 e. The molecule has 0 spiro atoms. The Morgan fingerprint density at radius 2 is 1.59 bits per heavy atom. The molecule has 0 aromatic heterocycles. The molecular formula is C21H24ClN3O3S. The predicted molar refractivity (Wildman–Crippen MR) is 116 cm³/mol. The summed E-state index contributed by atoms with van der Waals surface area (Å²) in [5, 5.41) is 0.346. The first-order chi connectivity index (χ1) is 14.0. The normalized spacial score (nSPS) is 19.3. The molecule has 0 saturated carbocycles. The Hall–Kier alpha value is -2.25. The highest BCUT2D eigenvalue weighted by molar-refractivity contribution is 7.92. The number of benzene rings is 2. The molecule has 2 aromatic rings. The highest BCUT2D eigenvalue weighted by atomic mass is 35.5. The van der Waals surface area contributed by atoms with Crippen LogP contribution in [-0.4, -0.2) is 57.7 Å². The van der Waals surface area contributed by atoms with Crippen molar-refractivity contribution in [2.75, 3.05) is 47.7 Å². The first kappa shape index (κ1) is 20.0. The van der Waals surface area contributed by atoms with Crippen LogP contribution >= 0.6 is 11.6 Å². The lowest BCUT2D eigenvalue weighted by Crippen LogP contribution is -2.48. The Morgan fingerprint density at radius 3 is 2.28 bits per heavy atom. The summed E-state index contributed by atoms with van der Waals surface area (Å²) in [4.78, 5) is 17.2. The van der Waals surface area contributed by atoms with E-state index in [0.717, 1.165) is 25.2 Å². The molecule has 154 valence electrons. The molecule has 2 aliphatic rings. The summed E-state index contributed by atoms with van der Waals surface area (Å²) >= 11 is 6.32. The first-order valence-electron chi connectivity index (χ1n) is 9.85. The molecule has 6 nitrogen and oxygen atoms in total. The molecule has 2 heterocycles. The van der Waals surface area contributed by atoms with Gasteiger partial charge in [-0.15, -0.1) is 0 Å². The van der Waals surface area contributed by atoms with Crippen LogP contribution in [0.4, 0.5) is 11.4 Å². The van der Waals surface area contributed by atoms with Crippen molar-refractivity contribution in [3.63, 3.8) is 0 Å². The number of anilines is 2. The smallest absolute Gasteiger partial charge is 0.255 e. The van der Waals surface area contributed by atoms with Gasteiger partial charge in [-0.2, -0.15) is 0 Å². The fourth-order valence-electron chi connectivity index (χ4n) is 3.89. The van der Waals surface area contributed by atoms with Crippen LogP contribution in [0.3, 0.4) is 0 Å². The number of nitrogens with zero attached hydrogens (tertiary/aromatic N) is 3. The molecule has 2 aliphatic heterocycles. The monoisotopic (exact) mass is 433 g/mol. The van der Waals surface area contributed by atoms with Crippen LogP contribution in [0.15, 0.2) is 48.5 Å². The van der Waals surface area contributed by atoms with Crippen LogP contribution < -0.4 is 9.21 Å². The maximum atomic E-state index is 13.1. The van der Waals surface area contributed by atoms with Crippen molar-refractivity contribution < 1.29 is 13.2 Å². The molecule has 2 saturated heterocycles. The average Bonchev–Trinajstić information content (AvgIpc) is 2.74. The maximum Gasteiger partial charge on any atom is 0.255 e. The van der Waals surface area contributed by atoms with Crippen molar-refractivity contribution in [3.8, 4) is 0 Å². The van der Waals surface area contributed by atoms with Gasteiger partial charge in [0.15, 0.2) is 0 Å². The summed E-state index contributed by atoms with van der Waals surface area (Å²) in [5.74, 6) is -0.0145. The van der Waals surface area contributed by atoms with Crippen LogP contribution in [0, 0.1) is 0 Å². The van der Waals surface area contributed by atoms with Gasteiger partial charge in [-0.3, -0.25) is 9.10 Å². The molecule has 2 aromatic carbocycles. The van der Waals surface area contributed by atoms with Gasteiger partial charge in [0.25, 0.3) is 5.91 Å². The second-order valence-electron chi connectivity index (χ2n) is 7.37. The van der Waals surface area contributed by atoms with E-state index in [1.807, 2.05) is 18.2 Å². The number of halogens is 1. The number of sulfonamides is 1. The summed E-state index contributed by atoms with van der Waals surface area (Å²) in [6.45, 7) is 3.11. The number of hydrogen-bond acceptors (Lipinski definition) is 4. The molecule has 0 aliphatic carbocycles. The molecule has 8 heteroatoms.